The van der Waals surface area contributed by atoms with Crippen LogP contribution in [0.3, 0.4) is 0 Å². The summed E-state index contributed by atoms with van der Waals surface area (Å²) in [4.78, 5) is 23.6. The number of carbonyl (C=O) groups is 1. The van der Waals surface area contributed by atoms with Gasteiger partial charge in [0.25, 0.3) is 5.82 Å². The van der Waals surface area contributed by atoms with E-state index in [0.29, 0.717) is 31.7 Å². The maximum absolute atomic E-state index is 13.3. The van der Waals surface area contributed by atoms with Gasteiger partial charge in [0.2, 0.25) is 5.82 Å². The number of amides is 1. The number of imidazole rings is 1. The van der Waals surface area contributed by atoms with Crippen molar-refractivity contribution in [1.82, 2.24) is 9.97 Å². The fourth-order valence-corrected chi connectivity index (χ4v) is 9.27. The lowest BCUT2D eigenvalue weighted by Crippen LogP contribution is -2.57. The number of benzene rings is 1. The number of rotatable bonds is 10. The molecule has 3 atom stereocenters. The second-order valence-corrected chi connectivity index (χ2v) is 29.1. The number of ether oxygens (including phenoxy) is 1. The van der Waals surface area contributed by atoms with Crippen molar-refractivity contribution in [3.8, 4) is 0 Å². The molecule has 3 aliphatic rings. The van der Waals surface area contributed by atoms with Gasteiger partial charge >= 0.3 is 5.91 Å². The number of nitrogens with zero attached hydrogens (tertiary/aromatic N) is 2. The standard InChI is InChI=1S/C40H62N4O5Si2/c1-35(2,3)50(10,11)47-26-38-20-21-39(49-38,27-48-51(12,13)36(4,5)6)25-40(46,24-38)29-14-15-31(43-34(45)33-42-23-32(41-9)44-33)30(22-29)28-16-18-37(7,8)19-17-28/h14-16,22-23,46H,17-21,24-27H2,1-8,10-13H3,(H,42,44)(H,43,45)/t38-,39+,40?. The van der Waals surface area contributed by atoms with E-state index < -0.39 is 39.3 Å². The summed E-state index contributed by atoms with van der Waals surface area (Å²) in [6.45, 7) is 35.3. The molecule has 1 unspecified atom stereocenters. The van der Waals surface area contributed by atoms with Crippen LogP contribution in [0.2, 0.25) is 36.3 Å². The second-order valence-electron chi connectivity index (χ2n) is 19.5. The van der Waals surface area contributed by atoms with Crippen LogP contribution in [0, 0.1) is 12.0 Å². The molecule has 2 aromatic rings. The van der Waals surface area contributed by atoms with Gasteiger partial charge in [-0.15, -0.1) is 0 Å². The highest BCUT2D eigenvalue weighted by molar-refractivity contribution is 6.74. The molecule has 2 bridgehead atoms. The molecule has 2 fully saturated rings. The first-order valence-corrected chi connectivity index (χ1v) is 24.4. The van der Waals surface area contributed by atoms with Gasteiger partial charge in [0.15, 0.2) is 16.6 Å². The lowest BCUT2D eigenvalue weighted by molar-refractivity contribution is -0.228. The maximum atomic E-state index is 13.3. The topological polar surface area (TPSA) is 110 Å². The van der Waals surface area contributed by atoms with Crippen molar-refractivity contribution in [1.29, 1.82) is 0 Å². The number of anilines is 1. The summed E-state index contributed by atoms with van der Waals surface area (Å²) in [7, 11) is -4.22. The van der Waals surface area contributed by atoms with E-state index >= 15 is 0 Å². The predicted octanol–water partition coefficient (Wildman–Crippen LogP) is 10.1. The zero-order valence-corrected chi connectivity index (χ0v) is 35.2. The number of hydrogen-bond acceptors (Lipinski definition) is 6. The van der Waals surface area contributed by atoms with Crippen LogP contribution >= 0.6 is 0 Å². The summed E-state index contributed by atoms with van der Waals surface area (Å²) in [5, 5.41) is 16.1. The average molecular weight is 735 g/mol. The molecule has 1 aromatic heterocycles. The van der Waals surface area contributed by atoms with Crippen molar-refractivity contribution in [3.05, 3.63) is 58.8 Å². The lowest BCUT2D eigenvalue weighted by Gasteiger charge is -2.50. The van der Waals surface area contributed by atoms with Crippen molar-refractivity contribution < 1.29 is 23.5 Å². The number of fused-ring (bicyclic) bond motifs is 2. The molecule has 3 heterocycles. The number of aliphatic hydroxyl groups is 1. The van der Waals surface area contributed by atoms with Gasteiger partial charge < -0.3 is 28.9 Å². The molecular formula is C40H62N4O5Si2. The van der Waals surface area contributed by atoms with Crippen molar-refractivity contribution in [3.63, 3.8) is 0 Å². The number of allylic oxidation sites excluding steroid dienone is 2. The molecule has 0 saturated carbocycles. The first-order chi connectivity index (χ1) is 23.3. The minimum atomic E-state index is -2.11. The summed E-state index contributed by atoms with van der Waals surface area (Å²) in [6.07, 6.45) is 8.86. The monoisotopic (exact) mass is 734 g/mol. The van der Waals surface area contributed by atoms with Gasteiger partial charge in [-0.25, -0.2) is 4.98 Å². The fourth-order valence-electron chi connectivity index (χ4n) is 7.16. The molecule has 11 heteroatoms. The molecule has 2 saturated heterocycles. The second kappa shape index (κ2) is 13.4. The average Bonchev–Trinajstić information content (AvgIpc) is 3.61. The molecule has 9 nitrogen and oxygen atoms in total. The quantitative estimate of drug-likeness (QED) is 0.166. The van der Waals surface area contributed by atoms with Gasteiger partial charge in [0.05, 0.1) is 36.2 Å². The molecule has 0 radical (unpaired) electrons. The largest absolute Gasteiger partial charge is 0.414 e. The van der Waals surface area contributed by atoms with E-state index in [0.717, 1.165) is 48.8 Å². The van der Waals surface area contributed by atoms with E-state index in [4.69, 9.17) is 20.2 Å². The Morgan fingerprint density at radius 3 is 2.04 bits per heavy atom. The molecule has 5 rings (SSSR count). The highest BCUT2D eigenvalue weighted by Crippen LogP contribution is 2.57. The normalized spacial score (nSPS) is 26.8. The Kier molecular flexibility index (Phi) is 10.4. The smallest absolute Gasteiger partial charge is 0.314 e. The van der Waals surface area contributed by atoms with Crippen LogP contribution in [0.15, 0.2) is 30.5 Å². The maximum Gasteiger partial charge on any atom is 0.314 e. The summed E-state index contributed by atoms with van der Waals surface area (Å²) in [5.41, 5.74) is 1.20. The Labute approximate surface area is 308 Å². The summed E-state index contributed by atoms with van der Waals surface area (Å²) >= 11 is 0. The lowest BCUT2D eigenvalue weighted by atomic mass is 9.74. The van der Waals surface area contributed by atoms with Crippen LogP contribution in [0.25, 0.3) is 10.4 Å². The Morgan fingerprint density at radius 1 is 1.00 bits per heavy atom. The molecule has 2 aliphatic heterocycles. The van der Waals surface area contributed by atoms with E-state index in [-0.39, 0.29) is 27.1 Å². The molecule has 280 valence electrons. The molecule has 1 aromatic carbocycles. The van der Waals surface area contributed by atoms with Gasteiger partial charge in [0.1, 0.15) is 0 Å². The Hall–Kier alpha value is -2.60. The number of H-pyrrole nitrogens is 1. The molecule has 0 spiro atoms. The van der Waals surface area contributed by atoms with Gasteiger partial charge in [0, 0.05) is 24.1 Å². The van der Waals surface area contributed by atoms with Crippen LogP contribution in [0.5, 0.6) is 0 Å². The first-order valence-electron chi connectivity index (χ1n) is 18.6. The van der Waals surface area contributed by atoms with Crippen LogP contribution in [-0.2, 0) is 19.2 Å². The molecule has 3 N–H and O–H groups in total. The number of nitrogens with one attached hydrogen (secondary N) is 2. The summed E-state index contributed by atoms with van der Waals surface area (Å²) in [6, 6.07) is 5.95. The molecule has 51 heavy (non-hydrogen) atoms. The van der Waals surface area contributed by atoms with E-state index in [9.17, 15) is 9.90 Å². The number of hydrogen-bond donors (Lipinski definition) is 3. The molecule has 1 aliphatic carbocycles. The summed E-state index contributed by atoms with van der Waals surface area (Å²) in [5.74, 6) is -0.120. The zero-order valence-electron chi connectivity index (χ0n) is 33.2. The van der Waals surface area contributed by atoms with E-state index in [1.807, 2.05) is 12.1 Å². The van der Waals surface area contributed by atoms with E-state index in [1.165, 1.54) is 6.20 Å². The van der Waals surface area contributed by atoms with Crippen LogP contribution in [-0.4, -0.2) is 62.0 Å². The Bertz CT molecular complexity index is 1660. The Morgan fingerprint density at radius 2 is 1.57 bits per heavy atom. The Balaban J connectivity index is 1.55. The van der Waals surface area contributed by atoms with E-state index in [2.05, 4.69) is 114 Å². The number of aromatic amines is 1. The van der Waals surface area contributed by atoms with Gasteiger partial charge in [-0.2, -0.15) is 0 Å². The summed E-state index contributed by atoms with van der Waals surface area (Å²) < 4.78 is 20.9. The van der Waals surface area contributed by atoms with Crippen LogP contribution in [0.1, 0.15) is 122 Å². The third kappa shape index (κ3) is 8.32. The fraction of sp³-hybridized carbons (Fsp3) is 0.675. The van der Waals surface area contributed by atoms with Crippen molar-refractivity contribution in [2.75, 3.05) is 18.5 Å². The van der Waals surface area contributed by atoms with Crippen LogP contribution in [0.4, 0.5) is 11.5 Å². The minimum Gasteiger partial charge on any atom is -0.414 e. The van der Waals surface area contributed by atoms with Crippen molar-refractivity contribution in [2.24, 2.45) is 5.41 Å². The number of aromatic nitrogens is 2. The van der Waals surface area contributed by atoms with Crippen molar-refractivity contribution in [2.45, 2.75) is 153 Å². The third-order valence-corrected chi connectivity index (χ3v) is 21.7. The minimum absolute atomic E-state index is 0.0421. The van der Waals surface area contributed by atoms with E-state index in [1.54, 1.807) is 0 Å². The molecule has 1 amide bonds. The SMILES string of the molecule is [C-]#[N+]c1cnc(C(=O)Nc2ccc(C3(O)C[C@@]4(CO[Si](C)(C)C(C)(C)C)CC[C@@](CO[Si](C)(C)C(C)(C)C)(C3)O4)cc2C2=CCC(C)(C)CC2)[nH]1. The highest BCUT2D eigenvalue weighted by Gasteiger charge is 2.61. The van der Waals surface area contributed by atoms with Gasteiger partial charge in [-0.3, -0.25) is 9.78 Å². The van der Waals surface area contributed by atoms with Gasteiger partial charge in [-0.1, -0.05) is 74.1 Å². The van der Waals surface area contributed by atoms with Gasteiger partial charge in [-0.05, 0) is 97.1 Å². The highest BCUT2D eigenvalue weighted by atomic mass is 28.4. The molecular weight excluding hydrogens is 673 g/mol. The van der Waals surface area contributed by atoms with Crippen molar-refractivity contribution >= 4 is 39.6 Å². The first kappa shape index (κ1) is 39.6. The third-order valence-electron chi connectivity index (χ3n) is 12.7. The number of carbonyl (C=O) groups excluding carboxylic acids is 1. The predicted molar refractivity (Wildman–Crippen MR) is 210 cm³/mol. The zero-order chi connectivity index (χ0) is 37.9. The van der Waals surface area contributed by atoms with Crippen LogP contribution < -0.4 is 5.32 Å².